The number of likely N-dealkylation sites (N-methyl/N-ethyl adjacent to an activating group) is 1. The van der Waals surface area contributed by atoms with Gasteiger partial charge in [0.2, 0.25) is 0 Å². The van der Waals surface area contributed by atoms with Gasteiger partial charge >= 0.3 is 0 Å². The summed E-state index contributed by atoms with van der Waals surface area (Å²) >= 11 is 25.1. The van der Waals surface area contributed by atoms with Crippen LogP contribution in [-0.4, -0.2) is 30.3 Å². The number of Topliss-reactive ketones (excluding diaryl/α,β-unsaturated/α-hetero) is 1. The minimum Gasteiger partial charge on any atom is -0.295 e. The van der Waals surface area contributed by atoms with E-state index in [0.717, 1.165) is 6.54 Å². The van der Waals surface area contributed by atoms with Gasteiger partial charge in [0.25, 0.3) is 0 Å². The van der Waals surface area contributed by atoms with Crippen molar-refractivity contribution in [2.24, 2.45) is 0 Å². The first-order chi connectivity index (χ1) is 12.9. The van der Waals surface area contributed by atoms with Gasteiger partial charge in [-0.05, 0) is 43.0 Å². The minimum atomic E-state index is -0.0494. The van der Waals surface area contributed by atoms with E-state index in [1.807, 2.05) is 0 Å². The molecule has 0 radical (unpaired) electrons. The number of rotatable bonds is 3. The average molecular weight is 441 g/mol. The quantitative estimate of drug-likeness (QED) is 0.496. The summed E-state index contributed by atoms with van der Waals surface area (Å²) in [5.41, 5.74) is 2.56. The fraction of sp³-hybridized carbons (Fsp3) is 0.190. The largest absolute Gasteiger partial charge is 0.295 e. The molecule has 140 valence electrons. The number of carbonyl (C=O) groups excluding carboxylic acids is 1. The van der Waals surface area contributed by atoms with Gasteiger partial charge in [-0.25, -0.2) is 0 Å². The second kappa shape index (κ2) is 8.81. The van der Waals surface area contributed by atoms with Crippen LogP contribution in [0.5, 0.6) is 0 Å². The van der Waals surface area contributed by atoms with Gasteiger partial charge in [-0.2, -0.15) is 0 Å². The summed E-state index contributed by atoms with van der Waals surface area (Å²) in [6, 6.07) is 10.6. The van der Waals surface area contributed by atoms with Crippen molar-refractivity contribution in [3.05, 3.63) is 78.8 Å². The number of piperidine rings is 1. The van der Waals surface area contributed by atoms with Crippen LogP contribution in [-0.2, 0) is 4.79 Å². The fourth-order valence-corrected chi connectivity index (χ4v) is 3.99. The molecule has 0 aromatic heterocycles. The van der Waals surface area contributed by atoms with Crippen LogP contribution in [0.15, 0.2) is 47.5 Å². The van der Waals surface area contributed by atoms with Gasteiger partial charge in [-0.15, -0.1) is 0 Å². The van der Waals surface area contributed by atoms with Crippen molar-refractivity contribution >= 4 is 64.3 Å². The Labute approximate surface area is 179 Å². The number of likely N-dealkylation sites (tertiary alicyclic amines) is 1. The van der Waals surface area contributed by atoms with Gasteiger partial charge in [-0.1, -0.05) is 65.5 Å². The Hall–Kier alpha value is -1.29. The summed E-state index contributed by atoms with van der Waals surface area (Å²) in [6.45, 7) is 3.92. The molecule has 2 nitrogen and oxygen atoms in total. The van der Waals surface area contributed by atoms with E-state index in [2.05, 4.69) is 11.8 Å². The number of hydrogen-bond donors (Lipinski definition) is 0. The highest BCUT2D eigenvalue weighted by atomic mass is 35.5. The summed E-state index contributed by atoms with van der Waals surface area (Å²) in [6.07, 6.45) is 3.55. The van der Waals surface area contributed by atoms with Crippen molar-refractivity contribution in [1.82, 2.24) is 4.90 Å². The Bertz CT molecular complexity index is 835. The molecule has 2 aromatic carbocycles. The third kappa shape index (κ3) is 4.59. The molecule has 3 rings (SSSR count). The molecule has 6 heteroatoms. The van der Waals surface area contributed by atoms with Crippen molar-refractivity contribution in [1.29, 1.82) is 0 Å². The molecule has 0 aliphatic carbocycles. The maximum absolute atomic E-state index is 13.1. The number of hydrogen-bond acceptors (Lipinski definition) is 2. The lowest BCUT2D eigenvalue weighted by atomic mass is 9.94. The van der Waals surface area contributed by atoms with Gasteiger partial charge in [0.1, 0.15) is 0 Å². The zero-order chi connectivity index (χ0) is 19.6. The molecule has 1 fully saturated rings. The van der Waals surface area contributed by atoms with Crippen LogP contribution >= 0.6 is 46.4 Å². The van der Waals surface area contributed by atoms with Crippen molar-refractivity contribution < 1.29 is 4.79 Å². The third-order valence-corrected chi connectivity index (χ3v) is 5.77. The maximum atomic E-state index is 13.1. The smallest absolute Gasteiger partial charge is 0.187 e. The highest BCUT2D eigenvalue weighted by molar-refractivity contribution is 6.38. The first-order valence-corrected chi connectivity index (χ1v) is 9.98. The van der Waals surface area contributed by atoms with Crippen LogP contribution in [0.3, 0.4) is 0 Å². The SMILES string of the molecule is CCN1C/C(=C\c2c(Cl)cccc2Cl)C(=O)/C(=C/c2c(Cl)cccc2Cl)C1. The molecule has 0 atom stereocenters. The summed E-state index contributed by atoms with van der Waals surface area (Å²) < 4.78 is 0. The maximum Gasteiger partial charge on any atom is 0.187 e. The molecule has 27 heavy (non-hydrogen) atoms. The van der Waals surface area contributed by atoms with E-state index in [1.165, 1.54) is 0 Å². The lowest BCUT2D eigenvalue weighted by Crippen LogP contribution is -2.37. The van der Waals surface area contributed by atoms with E-state index in [1.54, 1.807) is 48.6 Å². The molecule has 0 saturated carbocycles. The number of carbonyl (C=O) groups is 1. The first kappa shape index (κ1) is 20.4. The van der Waals surface area contributed by atoms with Gasteiger partial charge in [0.15, 0.2) is 5.78 Å². The Kier molecular flexibility index (Phi) is 6.67. The Morgan fingerprint density at radius 2 is 1.19 bits per heavy atom. The highest BCUT2D eigenvalue weighted by Gasteiger charge is 2.26. The second-order valence-electron chi connectivity index (χ2n) is 6.24. The molecular weight excluding hydrogens is 424 g/mol. The van der Waals surface area contributed by atoms with E-state index < -0.39 is 0 Å². The third-order valence-electron chi connectivity index (χ3n) is 4.45. The molecule has 0 bridgehead atoms. The number of ketones is 1. The van der Waals surface area contributed by atoms with Crippen LogP contribution < -0.4 is 0 Å². The van der Waals surface area contributed by atoms with E-state index >= 15 is 0 Å². The van der Waals surface area contributed by atoms with Crippen molar-refractivity contribution in [3.8, 4) is 0 Å². The van der Waals surface area contributed by atoms with Gasteiger partial charge in [-0.3, -0.25) is 9.69 Å². The van der Waals surface area contributed by atoms with Crippen molar-refractivity contribution in [3.63, 3.8) is 0 Å². The Morgan fingerprint density at radius 1 is 0.815 bits per heavy atom. The lowest BCUT2D eigenvalue weighted by Gasteiger charge is -2.29. The number of halogens is 4. The summed E-state index contributed by atoms with van der Waals surface area (Å²) in [7, 11) is 0. The molecule has 2 aromatic rings. The number of benzene rings is 2. The van der Waals surface area contributed by atoms with Gasteiger partial charge < -0.3 is 0 Å². The molecular formula is C21H17Cl4NO. The molecule has 1 aliphatic rings. The summed E-state index contributed by atoms with van der Waals surface area (Å²) in [5.74, 6) is -0.0494. The summed E-state index contributed by atoms with van der Waals surface area (Å²) in [5, 5.41) is 2.04. The lowest BCUT2D eigenvalue weighted by molar-refractivity contribution is -0.113. The van der Waals surface area contributed by atoms with E-state index in [-0.39, 0.29) is 5.78 Å². The molecule has 0 amide bonds. The normalized spacial score (nSPS) is 18.5. The molecule has 1 saturated heterocycles. The van der Waals surface area contributed by atoms with Crippen LogP contribution in [0.4, 0.5) is 0 Å². The molecule has 0 N–H and O–H groups in total. The van der Waals surface area contributed by atoms with Gasteiger partial charge in [0, 0.05) is 55.5 Å². The monoisotopic (exact) mass is 439 g/mol. The Balaban J connectivity index is 2.06. The molecule has 1 aliphatic heterocycles. The number of nitrogens with zero attached hydrogens (tertiary/aromatic N) is 1. The molecule has 0 spiro atoms. The predicted octanol–water partition coefficient (Wildman–Crippen LogP) is 6.67. The average Bonchev–Trinajstić information content (AvgIpc) is 2.63. The van der Waals surface area contributed by atoms with E-state index in [4.69, 9.17) is 46.4 Å². The topological polar surface area (TPSA) is 20.3 Å². The van der Waals surface area contributed by atoms with Crippen molar-refractivity contribution in [2.75, 3.05) is 19.6 Å². The molecule has 0 unspecified atom stereocenters. The van der Waals surface area contributed by atoms with Crippen molar-refractivity contribution in [2.45, 2.75) is 6.92 Å². The minimum absolute atomic E-state index is 0.0494. The van der Waals surface area contributed by atoms with Gasteiger partial charge in [0.05, 0.1) is 0 Å². The first-order valence-electron chi connectivity index (χ1n) is 8.47. The van der Waals surface area contributed by atoms with Crippen LogP contribution in [0, 0.1) is 0 Å². The predicted molar refractivity (Wildman–Crippen MR) is 116 cm³/mol. The Morgan fingerprint density at radius 3 is 1.52 bits per heavy atom. The standard InChI is InChI=1S/C21H17Cl4NO/c1-2-26-11-13(9-15-17(22)5-3-6-18(15)23)21(27)14(12-26)10-16-19(24)7-4-8-20(16)25/h3-10H,2,11-12H2,1H3/b13-9+,14-10+. The fourth-order valence-electron chi connectivity index (χ4n) is 2.98. The second-order valence-corrected chi connectivity index (χ2v) is 7.87. The van der Waals surface area contributed by atoms with Crippen LogP contribution in [0.2, 0.25) is 20.1 Å². The zero-order valence-corrected chi connectivity index (χ0v) is 17.6. The van der Waals surface area contributed by atoms with Crippen LogP contribution in [0.1, 0.15) is 18.1 Å². The van der Waals surface area contributed by atoms with E-state index in [0.29, 0.717) is 55.5 Å². The van der Waals surface area contributed by atoms with Crippen LogP contribution in [0.25, 0.3) is 12.2 Å². The highest BCUT2D eigenvalue weighted by Crippen LogP contribution is 2.31. The molecule has 1 heterocycles. The zero-order valence-electron chi connectivity index (χ0n) is 14.6. The van der Waals surface area contributed by atoms with E-state index in [9.17, 15) is 4.79 Å². The summed E-state index contributed by atoms with van der Waals surface area (Å²) in [4.78, 5) is 15.3.